The van der Waals surface area contributed by atoms with Crippen molar-refractivity contribution in [3.05, 3.63) is 65.5 Å². The quantitative estimate of drug-likeness (QED) is 0.814. The maximum atomic E-state index is 9.26. The Morgan fingerprint density at radius 2 is 2.00 bits per heavy atom. The molecule has 0 saturated carbocycles. The first-order valence-corrected chi connectivity index (χ1v) is 5.59. The van der Waals surface area contributed by atoms with E-state index in [-0.39, 0.29) is 0 Å². The van der Waals surface area contributed by atoms with E-state index in [1.54, 1.807) is 18.5 Å². The summed E-state index contributed by atoms with van der Waals surface area (Å²) < 4.78 is 0. The minimum atomic E-state index is 0.453. The molecule has 0 atom stereocenters. The maximum absolute atomic E-state index is 9.26. The minimum Gasteiger partial charge on any atom is -0.397 e. The van der Waals surface area contributed by atoms with Gasteiger partial charge in [0.1, 0.15) is 6.07 Å². The van der Waals surface area contributed by atoms with E-state index in [1.807, 2.05) is 37.3 Å². The van der Waals surface area contributed by atoms with E-state index < -0.39 is 0 Å². The highest BCUT2D eigenvalue weighted by Crippen LogP contribution is 2.21. The number of allylic oxidation sites excluding steroid dienone is 1. The van der Waals surface area contributed by atoms with Crippen LogP contribution in [0, 0.1) is 18.3 Å². The number of hydrogen-bond donors (Lipinski definition) is 1. The zero-order valence-electron chi connectivity index (χ0n) is 10.1. The fourth-order valence-corrected chi connectivity index (χ4v) is 1.75. The van der Waals surface area contributed by atoms with Gasteiger partial charge in [0.25, 0.3) is 0 Å². The third-order valence-electron chi connectivity index (χ3n) is 2.66. The summed E-state index contributed by atoms with van der Waals surface area (Å²) in [5.41, 5.74) is 9.72. The maximum Gasteiger partial charge on any atom is 0.102 e. The molecule has 0 amide bonds. The third kappa shape index (κ3) is 2.38. The molecular formula is C15H13N3. The summed E-state index contributed by atoms with van der Waals surface area (Å²) >= 11 is 0. The normalized spacial score (nSPS) is 11.6. The number of nitriles is 1. The molecule has 0 radical (unpaired) electrons. The summed E-state index contributed by atoms with van der Waals surface area (Å²) in [4.78, 5) is 4.01. The molecule has 1 heterocycles. The fraction of sp³-hybridized carbons (Fsp3) is 0.0667. The lowest BCUT2D eigenvalue weighted by Gasteiger charge is -2.06. The predicted octanol–water partition coefficient (Wildman–Crippen LogP) is 2.74. The molecule has 18 heavy (non-hydrogen) atoms. The predicted molar refractivity (Wildman–Crippen MR) is 72.0 cm³/mol. The van der Waals surface area contributed by atoms with Crippen molar-refractivity contribution in [2.75, 3.05) is 0 Å². The Hall–Kier alpha value is -2.60. The Morgan fingerprint density at radius 1 is 1.22 bits per heavy atom. The number of aryl methyl sites for hydroxylation is 1. The molecule has 3 heteroatoms. The van der Waals surface area contributed by atoms with Gasteiger partial charge in [0, 0.05) is 18.0 Å². The lowest BCUT2D eigenvalue weighted by Crippen LogP contribution is -2.01. The Bertz CT molecular complexity index is 622. The second-order valence-corrected chi connectivity index (χ2v) is 4.01. The van der Waals surface area contributed by atoms with Gasteiger partial charge in [-0.3, -0.25) is 4.98 Å². The van der Waals surface area contributed by atoms with Crippen molar-refractivity contribution in [1.29, 1.82) is 5.26 Å². The van der Waals surface area contributed by atoms with Gasteiger partial charge in [-0.2, -0.15) is 5.26 Å². The Kier molecular flexibility index (Phi) is 3.40. The minimum absolute atomic E-state index is 0.453. The van der Waals surface area contributed by atoms with Gasteiger partial charge in [-0.1, -0.05) is 29.8 Å². The first-order chi connectivity index (χ1) is 8.72. The lowest BCUT2D eigenvalue weighted by atomic mass is 10.0. The highest BCUT2D eigenvalue weighted by atomic mass is 14.6. The topological polar surface area (TPSA) is 62.7 Å². The van der Waals surface area contributed by atoms with Crippen LogP contribution in [0.15, 0.2) is 48.8 Å². The molecule has 0 aliphatic carbocycles. The van der Waals surface area contributed by atoms with Crippen LogP contribution < -0.4 is 5.73 Å². The van der Waals surface area contributed by atoms with Crippen molar-refractivity contribution in [3.8, 4) is 6.07 Å². The van der Waals surface area contributed by atoms with E-state index in [1.165, 1.54) is 0 Å². The van der Waals surface area contributed by atoms with Crippen LogP contribution in [0.2, 0.25) is 0 Å². The molecule has 0 aliphatic heterocycles. The molecular weight excluding hydrogens is 222 g/mol. The SMILES string of the molecule is Cc1cccc(/C(N)=C(/C#N)c2cccnc2)c1. The first kappa shape index (κ1) is 11.9. The van der Waals surface area contributed by atoms with Gasteiger partial charge in [0.15, 0.2) is 0 Å². The lowest BCUT2D eigenvalue weighted by molar-refractivity contribution is 1.31. The molecule has 0 bridgehead atoms. The summed E-state index contributed by atoms with van der Waals surface area (Å²) in [7, 11) is 0. The number of hydrogen-bond acceptors (Lipinski definition) is 3. The van der Waals surface area contributed by atoms with Crippen LogP contribution >= 0.6 is 0 Å². The molecule has 2 rings (SSSR count). The molecule has 0 saturated heterocycles. The van der Waals surface area contributed by atoms with Crippen molar-refractivity contribution >= 4 is 11.3 Å². The molecule has 1 aromatic carbocycles. The first-order valence-electron chi connectivity index (χ1n) is 5.59. The zero-order chi connectivity index (χ0) is 13.0. The Balaban J connectivity index is 2.55. The van der Waals surface area contributed by atoms with Crippen molar-refractivity contribution in [3.63, 3.8) is 0 Å². The molecule has 3 nitrogen and oxygen atoms in total. The third-order valence-corrected chi connectivity index (χ3v) is 2.66. The van der Waals surface area contributed by atoms with Crippen molar-refractivity contribution in [2.45, 2.75) is 6.92 Å². The number of benzene rings is 1. The summed E-state index contributed by atoms with van der Waals surface area (Å²) in [6, 6.07) is 13.5. The van der Waals surface area contributed by atoms with Gasteiger partial charge in [0.2, 0.25) is 0 Å². The van der Waals surface area contributed by atoms with Crippen molar-refractivity contribution in [2.24, 2.45) is 5.73 Å². The molecule has 88 valence electrons. The standard InChI is InChI=1S/C15H13N3/c1-11-4-2-5-12(8-11)15(17)14(9-16)13-6-3-7-18-10-13/h2-8,10H,17H2,1H3/b15-14+. The van der Waals surface area contributed by atoms with Gasteiger partial charge in [-0.25, -0.2) is 0 Å². The van der Waals surface area contributed by atoms with Crippen LogP contribution in [0.4, 0.5) is 0 Å². The van der Waals surface area contributed by atoms with Crippen LogP contribution in [0.5, 0.6) is 0 Å². The van der Waals surface area contributed by atoms with Gasteiger partial charge in [-0.05, 0) is 24.6 Å². The number of aromatic nitrogens is 1. The summed E-state index contributed by atoms with van der Waals surface area (Å²) in [6.45, 7) is 1.99. The molecule has 0 aliphatic rings. The van der Waals surface area contributed by atoms with E-state index in [2.05, 4.69) is 11.1 Å². The van der Waals surface area contributed by atoms with E-state index in [4.69, 9.17) is 5.73 Å². The largest absolute Gasteiger partial charge is 0.397 e. The smallest absolute Gasteiger partial charge is 0.102 e. The molecule has 0 spiro atoms. The molecule has 2 N–H and O–H groups in total. The second kappa shape index (κ2) is 5.15. The zero-order valence-corrected chi connectivity index (χ0v) is 10.1. The van der Waals surface area contributed by atoms with Crippen LogP contribution in [0.1, 0.15) is 16.7 Å². The van der Waals surface area contributed by atoms with Crippen molar-refractivity contribution in [1.82, 2.24) is 4.98 Å². The van der Waals surface area contributed by atoms with Crippen LogP contribution in [-0.4, -0.2) is 4.98 Å². The molecule has 2 aromatic rings. The number of nitrogens with zero attached hydrogens (tertiary/aromatic N) is 2. The van der Waals surface area contributed by atoms with E-state index >= 15 is 0 Å². The van der Waals surface area contributed by atoms with Gasteiger partial charge < -0.3 is 5.73 Å². The van der Waals surface area contributed by atoms with Crippen LogP contribution in [-0.2, 0) is 0 Å². The number of nitrogens with two attached hydrogens (primary N) is 1. The highest BCUT2D eigenvalue weighted by Gasteiger charge is 2.08. The molecule has 0 fully saturated rings. The van der Waals surface area contributed by atoms with Crippen LogP contribution in [0.3, 0.4) is 0 Å². The Labute approximate surface area is 106 Å². The average molecular weight is 235 g/mol. The van der Waals surface area contributed by atoms with Crippen LogP contribution in [0.25, 0.3) is 11.3 Å². The van der Waals surface area contributed by atoms with Crippen molar-refractivity contribution < 1.29 is 0 Å². The second-order valence-electron chi connectivity index (χ2n) is 4.01. The number of rotatable bonds is 2. The fourth-order valence-electron chi connectivity index (χ4n) is 1.75. The van der Waals surface area contributed by atoms with Gasteiger partial charge >= 0.3 is 0 Å². The molecule has 0 unspecified atom stereocenters. The van der Waals surface area contributed by atoms with Gasteiger partial charge in [0.05, 0.1) is 11.3 Å². The summed E-state index contributed by atoms with van der Waals surface area (Å²) in [5.74, 6) is 0. The highest BCUT2D eigenvalue weighted by molar-refractivity contribution is 5.95. The average Bonchev–Trinajstić information content (AvgIpc) is 2.41. The summed E-state index contributed by atoms with van der Waals surface area (Å²) in [5, 5.41) is 9.26. The number of pyridine rings is 1. The Morgan fingerprint density at radius 3 is 2.61 bits per heavy atom. The van der Waals surface area contributed by atoms with Gasteiger partial charge in [-0.15, -0.1) is 0 Å². The van der Waals surface area contributed by atoms with E-state index in [9.17, 15) is 5.26 Å². The monoisotopic (exact) mass is 235 g/mol. The molecule has 1 aromatic heterocycles. The van der Waals surface area contributed by atoms with E-state index in [0.29, 0.717) is 11.3 Å². The summed E-state index contributed by atoms with van der Waals surface area (Å²) in [6.07, 6.45) is 3.31. The van der Waals surface area contributed by atoms with E-state index in [0.717, 1.165) is 16.7 Å².